The third kappa shape index (κ3) is 7.44. The minimum atomic E-state index is -0.785. The predicted octanol–water partition coefficient (Wildman–Crippen LogP) is 2.16. The van der Waals surface area contributed by atoms with Gasteiger partial charge in [-0.2, -0.15) is 0 Å². The molecule has 3 nitrogen and oxygen atoms in total. The van der Waals surface area contributed by atoms with Crippen LogP contribution >= 0.6 is 0 Å². The monoisotopic (exact) mass is 310 g/mol. The van der Waals surface area contributed by atoms with Gasteiger partial charge in [0.1, 0.15) is 7.85 Å². The minimum absolute atomic E-state index is 0.507. The van der Waals surface area contributed by atoms with Crippen molar-refractivity contribution in [1.29, 1.82) is 0 Å². The summed E-state index contributed by atoms with van der Waals surface area (Å²) < 4.78 is 0. The van der Waals surface area contributed by atoms with E-state index in [2.05, 4.69) is 11.1 Å². The summed E-state index contributed by atoms with van der Waals surface area (Å²) in [5.41, 5.74) is 7.70. The fourth-order valence-electron chi connectivity index (χ4n) is 1.59. The molecule has 2 rings (SSSR count). The number of rotatable bonds is 4. The first-order valence-electron chi connectivity index (χ1n) is 7.84. The molecule has 0 fully saturated rings. The number of benzene rings is 1. The lowest BCUT2D eigenvalue weighted by Crippen LogP contribution is -2.52. The average Bonchev–Trinajstić information content (AvgIpc) is 2.45. The summed E-state index contributed by atoms with van der Waals surface area (Å²) >= 11 is 0. The Hall–Kier alpha value is -1.65. The Morgan fingerprint density at radius 3 is 2.00 bits per heavy atom. The lowest BCUT2D eigenvalue weighted by atomic mass is 9.87. The Kier molecular flexibility index (Phi) is 6.98. The molecule has 0 aliphatic heterocycles. The van der Waals surface area contributed by atoms with Crippen molar-refractivity contribution in [3.8, 4) is 0 Å². The van der Waals surface area contributed by atoms with Crippen LogP contribution in [0.15, 0.2) is 48.8 Å². The summed E-state index contributed by atoms with van der Waals surface area (Å²) in [6.45, 7) is 7.00. The fraction of sp³-hybridized carbons (Fsp3) is 0.421. The second kappa shape index (κ2) is 8.28. The second-order valence-electron chi connectivity index (χ2n) is 6.88. The summed E-state index contributed by atoms with van der Waals surface area (Å²) in [5, 5.41) is 9.23. The molecule has 0 amide bonds. The van der Waals surface area contributed by atoms with Crippen molar-refractivity contribution in [3.05, 3.63) is 59.9 Å². The first-order chi connectivity index (χ1) is 10.6. The summed E-state index contributed by atoms with van der Waals surface area (Å²) in [4.78, 5) is 3.99. The van der Waals surface area contributed by atoms with E-state index >= 15 is 0 Å². The van der Waals surface area contributed by atoms with Crippen LogP contribution in [-0.4, -0.2) is 29.1 Å². The minimum Gasteiger partial charge on any atom is -0.389 e. The number of hydrogen-bond acceptors (Lipinski definition) is 3. The summed E-state index contributed by atoms with van der Waals surface area (Å²) in [6, 6.07) is 12.1. The van der Waals surface area contributed by atoms with Crippen molar-refractivity contribution < 1.29 is 5.11 Å². The normalized spacial score (nSPS) is 11.6. The van der Waals surface area contributed by atoms with E-state index in [1.807, 2.05) is 42.7 Å². The molecule has 3 N–H and O–H groups in total. The first kappa shape index (κ1) is 19.4. The van der Waals surface area contributed by atoms with Gasteiger partial charge in [-0.15, -0.1) is 0 Å². The maximum Gasteiger partial charge on any atom is 0.113 e. The molecule has 0 bridgehead atoms. The van der Waals surface area contributed by atoms with E-state index in [-0.39, 0.29) is 0 Å². The molecule has 0 saturated heterocycles. The molecule has 2 radical (unpaired) electrons. The number of pyridine rings is 1. The molecule has 1 aromatic carbocycles. The van der Waals surface area contributed by atoms with E-state index in [9.17, 15) is 5.11 Å². The van der Waals surface area contributed by atoms with Crippen LogP contribution in [0, 0.1) is 0 Å². The number of aliphatic hydroxyl groups is 1. The van der Waals surface area contributed by atoms with Crippen molar-refractivity contribution in [2.75, 3.05) is 0 Å². The highest BCUT2D eigenvalue weighted by molar-refractivity contribution is 6.32. The smallest absolute Gasteiger partial charge is 0.113 e. The third-order valence-electron chi connectivity index (χ3n) is 3.98. The van der Waals surface area contributed by atoms with Gasteiger partial charge in [0.25, 0.3) is 0 Å². The lowest BCUT2D eigenvalue weighted by Gasteiger charge is -2.32. The third-order valence-corrected chi connectivity index (χ3v) is 3.98. The lowest BCUT2D eigenvalue weighted by molar-refractivity contribution is 0.0144. The van der Waals surface area contributed by atoms with Gasteiger partial charge in [0.2, 0.25) is 0 Å². The maximum atomic E-state index is 9.23. The zero-order valence-electron chi connectivity index (χ0n) is 14.6. The highest BCUT2D eigenvalue weighted by Crippen LogP contribution is 2.16. The number of nitrogens with zero attached hydrogens (tertiary/aromatic N) is 1. The SMILES string of the molecule is CC(C)(N)C(C)(C)O.[B]c1cccc(CCc2ccncc2)c1. The van der Waals surface area contributed by atoms with Crippen LogP contribution in [0.5, 0.6) is 0 Å². The molecule has 0 saturated carbocycles. The van der Waals surface area contributed by atoms with Crippen molar-refractivity contribution in [3.63, 3.8) is 0 Å². The molecule has 122 valence electrons. The van der Waals surface area contributed by atoms with Crippen molar-refractivity contribution in [1.82, 2.24) is 4.98 Å². The van der Waals surface area contributed by atoms with E-state index < -0.39 is 11.1 Å². The topological polar surface area (TPSA) is 59.1 Å². The summed E-state index contributed by atoms with van der Waals surface area (Å²) in [7, 11) is 5.72. The van der Waals surface area contributed by atoms with Crippen molar-refractivity contribution >= 4 is 13.3 Å². The quantitative estimate of drug-likeness (QED) is 0.851. The fourth-order valence-corrected chi connectivity index (χ4v) is 1.59. The average molecular weight is 310 g/mol. The Morgan fingerprint density at radius 1 is 1.00 bits per heavy atom. The van der Waals surface area contributed by atoms with Crippen LogP contribution in [0.25, 0.3) is 0 Å². The Morgan fingerprint density at radius 2 is 1.52 bits per heavy atom. The molecule has 23 heavy (non-hydrogen) atoms. The van der Waals surface area contributed by atoms with Gasteiger partial charge in [-0.25, -0.2) is 0 Å². The number of hydrogen-bond donors (Lipinski definition) is 2. The number of aromatic nitrogens is 1. The van der Waals surface area contributed by atoms with E-state index in [0.29, 0.717) is 0 Å². The van der Waals surface area contributed by atoms with Gasteiger partial charge in [0, 0.05) is 17.9 Å². The highest BCUT2D eigenvalue weighted by atomic mass is 16.3. The molecule has 1 aromatic heterocycles. The van der Waals surface area contributed by atoms with Gasteiger partial charge in [-0.1, -0.05) is 29.7 Å². The van der Waals surface area contributed by atoms with Crippen LogP contribution in [-0.2, 0) is 12.8 Å². The zero-order valence-corrected chi connectivity index (χ0v) is 14.6. The van der Waals surface area contributed by atoms with Crippen LogP contribution < -0.4 is 11.2 Å². The molecule has 0 unspecified atom stereocenters. The molecule has 2 aromatic rings. The van der Waals surface area contributed by atoms with E-state index in [0.717, 1.165) is 18.3 Å². The van der Waals surface area contributed by atoms with E-state index in [1.54, 1.807) is 27.7 Å². The molecule has 0 aliphatic rings. The van der Waals surface area contributed by atoms with Crippen molar-refractivity contribution in [2.45, 2.75) is 51.7 Å². The molecule has 0 aliphatic carbocycles. The predicted molar refractivity (Wildman–Crippen MR) is 98.0 cm³/mol. The van der Waals surface area contributed by atoms with Gasteiger partial charge in [0.15, 0.2) is 0 Å². The Balaban J connectivity index is 0.000000284. The highest BCUT2D eigenvalue weighted by Gasteiger charge is 2.30. The van der Waals surface area contributed by atoms with Gasteiger partial charge in [0.05, 0.1) is 5.60 Å². The molecule has 0 atom stereocenters. The standard InChI is InChI=1S/C13H12BN.C6H15NO/c14-13-3-1-2-12(10-13)5-4-11-6-8-15-9-7-11;1-5(2,7)6(3,4)8/h1-3,6-10H,4-5H2;8H,7H2,1-4H3. The number of nitrogens with two attached hydrogens (primary N) is 1. The second-order valence-corrected chi connectivity index (χ2v) is 6.88. The van der Waals surface area contributed by atoms with Crippen molar-refractivity contribution in [2.24, 2.45) is 5.73 Å². The van der Waals surface area contributed by atoms with Crippen LogP contribution in [0.4, 0.5) is 0 Å². The van der Waals surface area contributed by atoms with Gasteiger partial charge in [-0.3, -0.25) is 4.98 Å². The van der Waals surface area contributed by atoms with Crippen LogP contribution in [0.2, 0.25) is 0 Å². The molecule has 4 heteroatoms. The molecule has 1 heterocycles. The molecular weight excluding hydrogens is 283 g/mol. The largest absolute Gasteiger partial charge is 0.389 e. The van der Waals surface area contributed by atoms with Gasteiger partial charge in [-0.05, 0) is 63.8 Å². The zero-order chi connectivity index (χ0) is 17.5. The summed E-state index contributed by atoms with van der Waals surface area (Å²) in [5.74, 6) is 0. The summed E-state index contributed by atoms with van der Waals surface area (Å²) in [6.07, 6.45) is 5.71. The maximum absolute atomic E-state index is 9.23. The Labute approximate surface area is 141 Å². The van der Waals surface area contributed by atoms with Gasteiger partial charge < -0.3 is 10.8 Å². The Bertz CT molecular complexity index is 574. The van der Waals surface area contributed by atoms with Gasteiger partial charge >= 0.3 is 0 Å². The van der Waals surface area contributed by atoms with E-state index in [1.165, 1.54) is 11.1 Å². The first-order valence-corrected chi connectivity index (χ1v) is 7.84. The van der Waals surface area contributed by atoms with Crippen LogP contribution in [0.3, 0.4) is 0 Å². The molecule has 0 spiro atoms. The van der Waals surface area contributed by atoms with E-state index in [4.69, 9.17) is 13.6 Å². The van der Waals surface area contributed by atoms with Crippen LogP contribution in [0.1, 0.15) is 38.8 Å². The molecular formula is C19H27BN2O. The number of aryl methyl sites for hydroxylation is 2.